The molecular formula is C20H27IN6O. The third-order valence-electron chi connectivity index (χ3n) is 4.04. The van der Waals surface area contributed by atoms with Crippen molar-refractivity contribution in [2.75, 3.05) is 7.05 Å². The zero-order valence-corrected chi connectivity index (χ0v) is 19.0. The van der Waals surface area contributed by atoms with Gasteiger partial charge in [0.25, 0.3) is 0 Å². The maximum Gasteiger partial charge on any atom is 0.213 e. The van der Waals surface area contributed by atoms with E-state index in [1.165, 1.54) is 0 Å². The van der Waals surface area contributed by atoms with E-state index >= 15 is 0 Å². The number of para-hydroxylation sites is 1. The van der Waals surface area contributed by atoms with Gasteiger partial charge in [0.1, 0.15) is 5.76 Å². The normalized spacial score (nSPS) is 11.8. The Bertz CT molecular complexity index is 895. The maximum atomic E-state index is 5.79. The molecule has 2 N–H and O–H groups in total. The van der Waals surface area contributed by atoms with Gasteiger partial charge >= 0.3 is 0 Å². The van der Waals surface area contributed by atoms with Crippen molar-refractivity contribution in [1.29, 1.82) is 0 Å². The molecule has 2 aromatic heterocycles. The van der Waals surface area contributed by atoms with Crippen molar-refractivity contribution in [1.82, 2.24) is 25.4 Å². The number of hydrogen-bond donors (Lipinski definition) is 2. The number of oxazole rings is 1. The minimum atomic E-state index is -0.0515. The van der Waals surface area contributed by atoms with Crippen molar-refractivity contribution in [3.8, 4) is 5.69 Å². The Hall–Kier alpha value is -2.36. The number of aromatic nitrogens is 3. The smallest absolute Gasteiger partial charge is 0.213 e. The number of halogens is 1. The predicted octanol–water partition coefficient (Wildman–Crippen LogP) is 3.64. The highest BCUT2D eigenvalue weighted by molar-refractivity contribution is 14.0. The van der Waals surface area contributed by atoms with Gasteiger partial charge in [-0.05, 0) is 12.1 Å². The van der Waals surface area contributed by atoms with Gasteiger partial charge in [-0.1, -0.05) is 39.0 Å². The summed E-state index contributed by atoms with van der Waals surface area (Å²) in [5.41, 5.74) is 2.04. The number of benzene rings is 1. The second-order valence-corrected chi connectivity index (χ2v) is 7.28. The molecule has 8 heteroatoms. The summed E-state index contributed by atoms with van der Waals surface area (Å²) in [7, 11) is 1.73. The second-order valence-electron chi connectivity index (χ2n) is 7.28. The fraction of sp³-hybridized carbons (Fsp3) is 0.350. The highest BCUT2D eigenvalue weighted by Gasteiger charge is 2.19. The summed E-state index contributed by atoms with van der Waals surface area (Å²) < 4.78 is 7.64. The van der Waals surface area contributed by atoms with Crippen LogP contribution in [0.3, 0.4) is 0 Å². The van der Waals surface area contributed by atoms with Crippen LogP contribution in [0.4, 0.5) is 0 Å². The molecular weight excluding hydrogens is 467 g/mol. The van der Waals surface area contributed by atoms with Gasteiger partial charge in [0.15, 0.2) is 5.96 Å². The number of rotatable bonds is 5. The Balaban J connectivity index is 0.00000280. The minimum absolute atomic E-state index is 0. The van der Waals surface area contributed by atoms with E-state index in [-0.39, 0.29) is 29.4 Å². The van der Waals surface area contributed by atoms with E-state index in [9.17, 15) is 0 Å². The summed E-state index contributed by atoms with van der Waals surface area (Å²) in [5, 5.41) is 10.9. The molecule has 0 bridgehead atoms. The first-order valence-corrected chi connectivity index (χ1v) is 8.94. The first-order valence-electron chi connectivity index (χ1n) is 8.94. The first kappa shape index (κ1) is 21.9. The Morgan fingerprint density at radius 3 is 2.46 bits per heavy atom. The maximum absolute atomic E-state index is 5.79. The summed E-state index contributed by atoms with van der Waals surface area (Å²) in [6.45, 7) is 7.38. The fourth-order valence-corrected chi connectivity index (χ4v) is 2.48. The standard InChI is InChI=1S/C20H26N6O.HI/c1-20(2,3)17-12-22-18(27-17)13-24-19(21-4)23-10-15-11-25-26(14-15)16-8-6-5-7-9-16;/h5-9,11-12,14H,10,13H2,1-4H3,(H2,21,23,24);1H. The largest absolute Gasteiger partial charge is 0.443 e. The Kier molecular flexibility index (Phi) is 7.61. The molecule has 7 nitrogen and oxygen atoms in total. The number of aliphatic imine (C=N–C) groups is 1. The van der Waals surface area contributed by atoms with Crippen LogP contribution in [0.5, 0.6) is 0 Å². The molecule has 1 aromatic carbocycles. The summed E-state index contributed by atoms with van der Waals surface area (Å²) in [5.74, 6) is 2.19. The van der Waals surface area contributed by atoms with Gasteiger partial charge in [0, 0.05) is 30.8 Å². The Morgan fingerprint density at radius 1 is 1.11 bits per heavy atom. The molecule has 0 spiro atoms. The lowest BCUT2D eigenvalue weighted by atomic mass is 9.94. The Morgan fingerprint density at radius 2 is 1.82 bits per heavy atom. The molecule has 0 aliphatic rings. The van der Waals surface area contributed by atoms with Gasteiger partial charge < -0.3 is 15.1 Å². The molecule has 0 saturated carbocycles. The monoisotopic (exact) mass is 494 g/mol. The quantitative estimate of drug-likeness (QED) is 0.322. The van der Waals surface area contributed by atoms with E-state index in [1.807, 2.05) is 47.4 Å². The average Bonchev–Trinajstić information content (AvgIpc) is 3.32. The second kappa shape index (κ2) is 9.72. The SMILES string of the molecule is CN=C(NCc1cnn(-c2ccccc2)c1)NCc1ncc(C(C)(C)C)o1.I. The zero-order valence-electron chi connectivity index (χ0n) is 16.6. The summed E-state index contributed by atoms with van der Waals surface area (Å²) in [6.07, 6.45) is 5.63. The fourth-order valence-electron chi connectivity index (χ4n) is 2.48. The first-order chi connectivity index (χ1) is 13.0. The zero-order chi connectivity index (χ0) is 19.3. The summed E-state index contributed by atoms with van der Waals surface area (Å²) in [4.78, 5) is 8.56. The van der Waals surface area contributed by atoms with Gasteiger partial charge in [0.05, 0.1) is 24.6 Å². The van der Waals surface area contributed by atoms with Gasteiger partial charge in [-0.15, -0.1) is 24.0 Å². The highest BCUT2D eigenvalue weighted by atomic mass is 127. The van der Waals surface area contributed by atoms with Crippen molar-refractivity contribution in [2.45, 2.75) is 39.3 Å². The molecule has 150 valence electrons. The average molecular weight is 494 g/mol. The van der Waals surface area contributed by atoms with Crippen molar-refractivity contribution in [3.05, 3.63) is 66.1 Å². The molecule has 0 aliphatic heterocycles. The van der Waals surface area contributed by atoms with E-state index in [4.69, 9.17) is 4.42 Å². The van der Waals surface area contributed by atoms with Gasteiger partial charge in [-0.2, -0.15) is 5.10 Å². The van der Waals surface area contributed by atoms with Gasteiger partial charge in [-0.3, -0.25) is 4.99 Å². The summed E-state index contributed by atoms with van der Waals surface area (Å²) >= 11 is 0. The van der Waals surface area contributed by atoms with E-state index in [1.54, 1.807) is 13.2 Å². The van der Waals surface area contributed by atoms with Crippen LogP contribution in [0.25, 0.3) is 5.69 Å². The van der Waals surface area contributed by atoms with Crippen molar-refractivity contribution < 1.29 is 4.42 Å². The molecule has 0 fully saturated rings. The van der Waals surface area contributed by atoms with E-state index < -0.39 is 0 Å². The number of guanidine groups is 1. The topological polar surface area (TPSA) is 80.3 Å². The Labute approximate surface area is 182 Å². The van der Waals surface area contributed by atoms with Gasteiger partial charge in [-0.25, -0.2) is 9.67 Å². The molecule has 3 aromatic rings. The van der Waals surface area contributed by atoms with Crippen molar-refractivity contribution >= 4 is 29.9 Å². The lowest BCUT2D eigenvalue weighted by Crippen LogP contribution is -2.36. The van der Waals surface area contributed by atoms with Crippen LogP contribution in [0, 0.1) is 0 Å². The van der Waals surface area contributed by atoms with Crippen LogP contribution in [-0.2, 0) is 18.5 Å². The van der Waals surface area contributed by atoms with Crippen LogP contribution in [0.15, 0.2) is 58.3 Å². The number of hydrogen-bond acceptors (Lipinski definition) is 4. The molecule has 0 radical (unpaired) electrons. The molecule has 0 amide bonds. The van der Waals surface area contributed by atoms with Crippen LogP contribution in [0.2, 0.25) is 0 Å². The molecule has 0 aliphatic carbocycles. The van der Waals surface area contributed by atoms with Crippen molar-refractivity contribution in [3.63, 3.8) is 0 Å². The lowest BCUT2D eigenvalue weighted by Gasteiger charge is -2.13. The van der Waals surface area contributed by atoms with Crippen molar-refractivity contribution in [2.24, 2.45) is 4.99 Å². The molecule has 0 atom stereocenters. The number of nitrogens with one attached hydrogen (secondary N) is 2. The third-order valence-corrected chi connectivity index (χ3v) is 4.04. The van der Waals surface area contributed by atoms with Crippen LogP contribution in [-0.4, -0.2) is 27.8 Å². The molecule has 3 rings (SSSR count). The molecule has 0 saturated heterocycles. The molecule has 0 unspecified atom stereocenters. The van der Waals surface area contributed by atoms with Crippen LogP contribution < -0.4 is 10.6 Å². The third kappa shape index (κ3) is 5.82. The minimum Gasteiger partial charge on any atom is -0.443 e. The van der Waals surface area contributed by atoms with E-state index in [2.05, 4.69) is 46.5 Å². The van der Waals surface area contributed by atoms with Gasteiger partial charge in [0.2, 0.25) is 5.89 Å². The molecule has 2 heterocycles. The molecule has 28 heavy (non-hydrogen) atoms. The van der Waals surface area contributed by atoms with Crippen LogP contribution in [0.1, 0.15) is 38.0 Å². The highest BCUT2D eigenvalue weighted by Crippen LogP contribution is 2.22. The van der Waals surface area contributed by atoms with E-state index in [0.29, 0.717) is 24.9 Å². The predicted molar refractivity (Wildman–Crippen MR) is 121 cm³/mol. The van der Waals surface area contributed by atoms with Crippen LogP contribution >= 0.6 is 24.0 Å². The number of nitrogens with zero attached hydrogens (tertiary/aromatic N) is 4. The summed E-state index contributed by atoms with van der Waals surface area (Å²) in [6, 6.07) is 10.0. The van der Waals surface area contributed by atoms with E-state index in [0.717, 1.165) is 17.0 Å². The lowest BCUT2D eigenvalue weighted by molar-refractivity contribution is 0.379.